The third kappa shape index (κ3) is 1.53. The Labute approximate surface area is 95.6 Å². The smallest absolute Gasteiger partial charge is 0.160 e. The molecule has 0 amide bonds. The zero-order chi connectivity index (χ0) is 11.0. The van der Waals surface area contributed by atoms with Gasteiger partial charge in [-0.25, -0.2) is 0 Å². The average molecular weight is 216 g/mol. The van der Waals surface area contributed by atoms with E-state index in [2.05, 4.69) is 12.1 Å². The minimum Gasteiger partial charge on any atom is -0.482 e. The molecule has 0 saturated carbocycles. The van der Waals surface area contributed by atoms with Gasteiger partial charge in [0.2, 0.25) is 0 Å². The molecule has 2 heteroatoms. The Balaban J connectivity index is 2.04. The Kier molecular flexibility index (Phi) is 2.43. The van der Waals surface area contributed by atoms with Gasteiger partial charge in [0.05, 0.1) is 0 Å². The average Bonchev–Trinajstić information content (AvgIpc) is 2.38. The van der Waals surface area contributed by atoms with E-state index in [1.165, 1.54) is 29.5 Å². The highest BCUT2D eigenvalue weighted by molar-refractivity contribution is 5.59. The Hall–Kier alpha value is -1.31. The molecule has 1 heterocycles. The molecule has 0 fully saturated rings. The van der Waals surface area contributed by atoms with Gasteiger partial charge >= 0.3 is 0 Å². The van der Waals surface area contributed by atoms with Gasteiger partial charge in [0.15, 0.2) is 12.4 Å². The maximum atomic E-state index is 10.8. The van der Waals surface area contributed by atoms with Crippen molar-refractivity contribution in [2.24, 2.45) is 0 Å². The molecule has 0 bridgehead atoms. The third-order valence-electron chi connectivity index (χ3n) is 3.68. The number of hydrogen-bond acceptors (Lipinski definition) is 2. The molecule has 0 saturated heterocycles. The number of aldehydes is 1. The van der Waals surface area contributed by atoms with Crippen molar-refractivity contribution in [3.63, 3.8) is 0 Å². The van der Waals surface area contributed by atoms with Crippen LogP contribution in [-0.4, -0.2) is 12.4 Å². The number of rotatable bonds is 1. The Bertz CT molecular complexity index is 423. The molecular weight excluding hydrogens is 200 g/mol. The van der Waals surface area contributed by atoms with E-state index in [1.807, 2.05) is 0 Å². The number of benzene rings is 1. The topological polar surface area (TPSA) is 26.3 Å². The highest BCUT2D eigenvalue weighted by atomic mass is 16.5. The molecule has 0 N–H and O–H groups in total. The van der Waals surface area contributed by atoms with Crippen LogP contribution in [0.3, 0.4) is 0 Å². The Morgan fingerprint density at radius 1 is 1.12 bits per heavy atom. The summed E-state index contributed by atoms with van der Waals surface area (Å²) in [4.78, 5) is 10.8. The fourth-order valence-corrected chi connectivity index (χ4v) is 2.79. The van der Waals surface area contributed by atoms with Gasteiger partial charge in [-0.2, -0.15) is 0 Å². The van der Waals surface area contributed by atoms with Crippen molar-refractivity contribution < 1.29 is 9.53 Å². The van der Waals surface area contributed by atoms with E-state index < -0.39 is 0 Å². The van der Waals surface area contributed by atoms with Crippen molar-refractivity contribution in [2.75, 3.05) is 0 Å². The van der Waals surface area contributed by atoms with E-state index in [0.717, 1.165) is 37.7 Å². The molecule has 2 nitrogen and oxygen atoms in total. The molecule has 0 spiro atoms. The van der Waals surface area contributed by atoms with Gasteiger partial charge in [-0.1, -0.05) is 12.1 Å². The van der Waals surface area contributed by atoms with Gasteiger partial charge in [-0.3, -0.25) is 4.79 Å². The summed E-state index contributed by atoms with van der Waals surface area (Å²) in [7, 11) is 0. The summed E-state index contributed by atoms with van der Waals surface area (Å²) in [5.74, 6) is 1.03. The number of aryl methyl sites for hydroxylation is 2. The molecule has 16 heavy (non-hydrogen) atoms. The highest BCUT2D eigenvalue weighted by Gasteiger charge is 2.24. The minimum absolute atomic E-state index is 0.221. The molecule has 0 aromatic heterocycles. The van der Waals surface area contributed by atoms with Crippen LogP contribution >= 0.6 is 0 Å². The number of ether oxygens (including phenoxy) is 1. The predicted molar refractivity (Wildman–Crippen MR) is 61.9 cm³/mol. The van der Waals surface area contributed by atoms with Gasteiger partial charge in [0.25, 0.3) is 0 Å². The van der Waals surface area contributed by atoms with Crippen LogP contribution in [0.4, 0.5) is 0 Å². The number of carbonyl (C=O) groups is 1. The standard InChI is InChI=1S/C14H16O2/c15-9-12-8-7-11-6-5-10-3-1-2-4-13(10)14(11)16-12/h5-6,9,12H,1-4,7-8H2. The minimum atomic E-state index is -0.221. The summed E-state index contributed by atoms with van der Waals surface area (Å²) in [6.45, 7) is 0. The zero-order valence-electron chi connectivity index (χ0n) is 9.37. The quantitative estimate of drug-likeness (QED) is 0.674. The Morgan fingerprint density at radius 2 is 1.94 bits per heavy atom. The summed E-state index contributed by atoms with van der Waals surface area (Å²) >= 11 is 0. The third-order valence-corrected chi connectivity index (χ3v) is 3.68. The van der Waals surface area contributed by atoms with Crippen molar-refractivity contribution in [2.45, 2.75) is 44.6 Å². The van der Waals surface area contributed by atoms with Gasteiger partial charge in [-0.15, -0.1) is 0 Å². The van der Waals surface area contributed by atoms with Gasteiger partial charge in [0.1, 0.15) is 5.75 Å². The first-order valence-corrected chi connectivity index (χ1v) is 6.14. The maximum Gasteiger partial charge on any atom is 0.160 e. The zero-order valence-corrected chi connectivity index (χ0v) is 9.37. The van der Waals surface area contributed by atoms with Crippen LogP contribution in [0.15, 0.2) is 12.1 Å². The maximum absolute atomic E-state index is 10.8. The van der Waals surface area contributed by atoms with Crippen molar-refractivity contribution in [3.05, 3.63) is 28.8 Å². The molecule has 1 aliphatic heterocycles. The molecule has 84 valence electrons. The SMILES string of the molecule is O=CC1CCc2ccc3c(c2O1)CCCC3. The first kappa shape index (κ1) is 9.88. The lowest BCUT2D eigenvalue weighted by atomic mass is 9.87. The van der Waals surface area contributed by atoms with Crippen LogP contribution in [0.1, 0.15) is 36.0 Å². The summed E-state index contributed by atoms with van der Waals surface area (Å²) in [6.07, 6.45) is 7.33. The van der Waals surface area contributed by atoms with E-state index >= 15 is 0 Å². The normalized spacial score (nSPS) is 22.9. The summed E-state index contributed by atoms with van der Waals surface area (Å²) in [5, 5.41) is 0. The first-order valence-electron chi connectivity index (χ1n) is 6.14. The van der Waals surface area contributed by atoms with Crippen LogP contribution in [0, 0.1) is 0 Å². The molecule has 1 aliphatic carbocycles. The van der Waals surface area contributed by atoms with Gasteiger partial charge in [-0.05, 0) is 55.2 Å². The summed E-state index contributed by atoms with van der Waals surface area (Å²) in [6, 6.07) is 4.43. The molecule has 1 aromatic carbocycles. The second-order valence-corrected chi connectivity index (χ2v) is 4.73. The molecule has 0 radical (unpaired) electrons. The van der Waals surface area contributed by atoms with Gasteiger partial charge < -0.3 is 4.74 Å². The van der Waals surface area contributed by atoms with E-state index in [0.29, 0.717) is 0 Å². The fourth-order valence-electron chi connectivity index (χ4n) is 2.79. The fraction of sp³-hybridized carbons (Fsp3) is 0.500. The molecule has 1 aromatic rings. The molecule has 1 atom stereocenters. The summed E-state index contributed by atoms with van der Waals surface area (Å²) in [5.41, 5.74) is 4.09. The molecular formula is C14H16O2. The summed E-state index contributed by atoms with van der Waals surface area (Å²) < 4.78 is 5.81. The number of carbonyl (C=O) groups excluding carboxylic acids is 1. The van der Waals surface area contributed by atoms with Crippen LogP contribution in [-0.2, 0) is 24.1 Å². The van der Waals surface area contributed by atoms with Crippen LogP contribution in [0.2, 0.25) is 0 Å². The van der Waals surface area contributed by atoms with E-state index in [4.69, 9.17) is 4.74 Å². The number of fused-ring (bicyclic) bond motifs is 3. The van der Waals surface area contributed by atoms with Crippen LogP contribution in [0.5, 0.6) is 5.75 Å². The van der Waals surface area contributed by atoms with Gasteiger partial charge in [0, 0.05) is 0 Å². The lowest BCUT2D eigenvalue weighted by molar-refractivity contribution is -0.114. The second kappa shape index (κ2) is 3.93. The van der Waals surface area contributed by atoms with E-state index in [9.17, 15) is 4.79 Å². The monoisotopic (exact) mass is 216 g/mol. The second-order valence-electron chi connectivity index (χ2n) is 4.73. The predicted octanol–water partition coefficient (Wildman–Crippen LogP) is 2.46. The lowest BCUT2D eigenvalue weighted by Gasteiger charge is -2.28. The van der Waals surface area contributed by atoms with Crippen molar-refractivity contribution in [1.29, 1.82) is 0 Å². The lowest BCUT2D eigenvalue weighted by Crippen LogP contribution is -2.25. The van der Waals surface area contributed by atoms with Crippen molar-refractivity contribution >= 4 is 6.29 Å². The highest BCUT2D eigenvalue weighted by Crippen LogP contribution is 2.36. The largest absolute Gasteiger partial charge is 0.482 e. The molecule has 3 rings (SSSR count). The van der Waals surface area contributed by atoms with Crippen molar-refractivity contribution in [3.8, 4) is 5.75 Å². The van der Waals surface area contributed by atoms with E-state index in [1.54, 1.807) is 0 Å². The van der Waals surface area contributed by atoms with Crippen LogP contribution in [0.25, 0.3) is 0 Å². The first-order chi connectivity index (χ1) is 7.88. The van der Waals surface area contributed by atoms with Crippen LogP contribution < -0.4 is 4.74 Å². The molecule has 1 unspecified atom stereocenters. The molecule has 2 aliphatic rings. The Morgan fingerprint density at radius 3 is 2.81 bits per heavy atom. The van der Waals surface area contributed by atoms with Crippen molar-refractivity contribution in [1.82, 2.24) is 0 Å². The van der Waals surface area contributed by atoms with E-state index in [-0.39, 0.29) is 6.10 Å². The number of hydrogen-bond donors (Lipinski definition) is 0.